The van der Waals surface area contributed by atoms with E-state index in [-0.39, 0.29) is 5.56 Å². The van der Waals surface area contributed by atoms with Crippen LogP contribution in [0, 0.1) is 0 Å². The number of ether oxygens (including phenoxy) is 1. The summed E-state index contributed by atoms with van der Waals surface area (Å²) in [5, 5.41) is 3.02. The largest absolute Gasteiger partial charge is 0.449 e. The fourth-order valence-corrected chi connectivity index (χ4v) is 2.31. The van der Waals surface area contributed by atoms with Crippen molar-refractivity contribution < 1.29 is 18.7 Å². The number of halogens is 1. The lowest BCUT2D eigenvalue weighted by Crippen LogP contribution is -2.30. The summed E-state index contributed by atoms with van der Waals surface area (Å²) in [6.07, 6.45) is 0.241. The standard InChI is InChI=1S/C17H13ClN2O4/c1-10(16(21)20-13-7-3-2-6-12(13)18)24-17(22)11-5-4-8-14-15(11)19-9-23-14/h2-10H,1H3,(H,20,21). The number of benzene rings is 2. The number of nitrogens with zero attached hydrogens (tertiary/aromatic N) is 1. The van der Waals surface area contributed by atoms with E-state index in [1.807, 2.05) is 0 Å². The Morgan fingerprint density at radius 1 is 1.21 bits per heavy atom. The highest BCUT2D eigenvalue weighted by atomic mass is 35.5. The number of amides is 1. The van der Waals surface area contributed by atoms with Crippen LogP contribution in [0.2, 0.25) is 5.02 Å². The minimum atomic E-state index is -1.00. The number of hydrogen-bond acceptors (Lipinski definition) is 5. The fourth-order valence-electron chi connectivity index (χ4n) is 2.13. The summed E-state index contributed by atoms with van der Waals surface area (Å²) in [5.74, 6) is -1.14. The lowest BCUT2D eigenvalue weighted by Gasteiger charge is -2.14. The topological polar surface area (TPSA) is 81.4 Å². The Bertz CT molecular complexity index is 906. The molecule has 1 unspecified atom stereocenters. The highest BCUT2D eigenvalue weighted by Gasteiger charge is 2.22. The number of fused-ring (bicyclic) bond motifs is 1. The minimum Gasteiger partial charge on any atom is -0.449 e. The Morgan fingerprint density at radius 2 is 2.00 bits per heavy atom. The second kappa shape index (κ2) is 6.72. The molecule has 0 spiro atoms. The number of anilines is 1. The number of hydrogen-bond donors (Lipinski definition) is 1. The maximum absolute atomic E-state index is 12.3. The van der Waals surface area contributed by atoms with Crippen molar-refractivity contribution in [1.29, 1.82) is 0 Å². The lowest BCUT2D eigenvalue weighted by atomic mass is 10.2. The molecule has 24 heavy (non-hydrogen) atoms. The van der Waals surface area contributed by atoms with Crippen LogP contribution in [0.4, 0.5) is 5.69 Å². The van der Waals surface area contributed by atoms with E-state index in [1.165, 1.54) is 13.3 Å². The zero-order chi connectivity index (χ0) is 17.1. The van der Waals surface area contributed by atoms with E-state index in [1.54, 1.807) is 42.5 Å². The molecular weight excluding hydrogens is 332 g/mol. The van der Waals surface area contributed by atoms with Crippen LogP contribution in [0.25, 0.3) is 11.1 Å². The summed E-state index contributed by atoms with van der Waals surface area (Å²) < 4.78 is 10.4. The number of rotatable bonds is 4. The number of esters is 1. The number of nitrogens with one attached hydrogen (secondary N) is 1. The van der Waals surface area contributed by atoms with Crippen LogP contribution in [0.3, 0.4) is 0 Å². The molecule has 0 aliphatic rings. The van der Waals surface area contributed by atoms with Gasteiger partial charge in [-0.15, -0.1) is 0 Å². The second-order valence-corrected chi connectivity index (χ2v) is 5.43. The summed E-state index contributed by atoms with van der Waals surface area (Å²) >= 11 is 5.99. The molecule has 1 amide bonds. The molecule has 0 aliphatic carbocycles. The molecule has 6 nitrogen and oxygen atoms in total. The van der Waals surface area contributed by atoms with Gasteiger partial charge in [-0.05, 0) is 31.2 Å². The normalized spacial score (nSPS) is 11.9. The van der Waals surface area contributed by atoms with Gasteiger partial charge in [0.2, 0.25) is 0 Å². The summed E-state index contributed by atoms with van der Waals surface area (Å²) in [7, 11) is 0. The van der Waals surface area contributed by atoms with E-state index in [4.69, 9.17) is 20.8 Å². The third-order valence-electron chi connectivity index (χ3n) is 3.37. The number of para-hydroxylation sites is 2. The third-order valence-corrected chi connectivity index (χ3v) is 3.69. The van der Waals surface area contributed by atoms with Crippen molar-refractivity contribution in [3.05, 3.63) is 59.4 Å². The molecule has 122 valence electrons. The summed E-state index contributed by atoms with van der Waals surface area (Å²) in [5.41, 5.74) is 1.54. The maximum atomic E-state index is 12.3. The van der Waals surface area contributed by atoms with E-state index in [2.05, 4.69) is 10.3 Å². The average Bonchev–Trinajstić information content (AvgIpc) is 3.05. The van der Waals surface area contributed by atoms with Gasteiger partial charge < -0.3 is 14.5 Å². The molecule has 0 bridgehead atoms. The molecule has 1 N–H and O–H groups in total. The predicted octanol–water partition coefficient (Wildman–Crippen LogP) is 3.67. The van der Waals surface area contributed by atoms with E-state index in [0.717, 1.165) is 0 Å². The number of oxazole rings is 1. The average molecular weight is 345 g/mol. The zero-order valence-corrected chi connectivity index (χ0v) is 13.4. The van der Waals surface area contributed by atoms with Crippen molar-refractivity contribution in [2.45, 2.75) is 13.0 Å². The van der Waals surface area contributed by atoms with E-state index >= 15 is 0 Å². The summed E-state index contributed by atoms with van der Waals surface area (Å²) in [6, 6.07) is 11.7. The van der Waals surface area contributed by atoms with Crippen molar-refractivity contribution in [3.63, 3.8) is 0 Å². The predicted molar refractivity (Wildman–Crippen MR) is 89.0 cm³/mol. The first-order chi connectivity index (χ1) is 11.6. The van der Waals surface area contributed by atoms with Gasteiger partial charge in [-0.3, -0.25) is 4.79 Å². The van der Waals surface area contributed by atoms with Crippen LogP contribution >= 0.6 is 11.6 Å². The monoisotopic (exact) mass is 344 g/mol. The number of carbonyl (C=O) groups is 2. The Hall–Kier alpha value is -2.86. The minimum absolute atomic E-state index is 0.235. The zero-order valence-electron chi connectivity index (χ0n) is 12.7. The lowest BCUT2D eigenvalue weighted by molar-refractivity contribution is -0.123. The molecule has 1 heterocycles. The molecule has 0 saturated carbocycles. The van der Waals surface area contributed by atoms with Crippen molar-refractivity contribution in [2.75, 3.05) is 5.32 Å². The number of aromatic nitrogens is 1. The van der Waals surface area contributed by atoms with Crippen LogP contribution < -0.4 is 5.32 Å². The maximum Gasteiger partial charge on any atom is 0.341 e. The van der Waals surface area contributed by atoms with Crippen molar-refractivity contribution in [3.8, 4) is 0 Å². The Morgan fingerprint density at radius 3 is 2.79 bits per heavy atom. The van der Waals surface area contributed by atoms with Gasteiger partial charge in [0.15, 0.2) is 18.1 Å². The molecule has 3 aromatic rings. The third kappa shape index (κ3) is 3.23. The molecule has 0 saturated heterocycles. The van der Waals surface area contributed by atoms with Gasteiger partial charge in [0, 0.05) is 0 Å². The van der Waals surface area contributed by atoms with Gasteiger partial charge >= 0.3 is 5.97 Å². The molecule has 2 aromatic carbocycles. The highest BCUT2D eigenvalue weighted by molar-refractivity contribution is 6.33. The van der Waals surface area contributed by atoms with Crippen LogP contribution in [0.1, 0.15) is 17.3 Å². The van der Waals surface area contributed by atoms with Gasteiger partial charge in [-0.1, -0.05) is 29.8 Å². The van der Waals surface area contributed by atoms with E-state index in [9.17, 15) is 9.59 Å². The Kier molecular flexibility index (Phi) is 4.48. The first-order valence-corrected chi connectivity index (χ1v) is 7.52. The van der Waals surface area contributed by atoms with Crippen LogP contribution in [-0.4, -0.2) is 23.0 Å². The Balaban J connectivity index is 1.71. The summed E-state index contributed by atoms with van der Waals surface area (Å²) in [6.45, 7) is 1.48. The van der Waals surface area contributed by atoms with Crippen molar-refractivity contribution >= 4 is 40.3 Å². The van der Waals surface area contributed by atoms with Crippen LogP contribution in [0.15, 0.2) is 53.3 Å². The highest BCUT2D eigenvalue weighted by Crippen LogP contribution is 2.21. The smallest absolute Gasteiger partial charge is 0.341 e. The molecule has 0 aliphatic heterocycles. The first kappa shape index (κ1) is 16.0. The molecule has 3 rings (SSSR count). The summed E-state index contributed by atoms with van der Waals surface area (Å²) in [4.78, 5) is 28.4. The molecular formula is C17H13ClN2O4. The van der Waals surface area contributed by atoms with E-state index < -0.39 is 18.0 Å². The van der Waals surface area contributed by atoms with Gasteiger partial charge in [0.05, 0.1) is 16.3 Å². The van der Waals surface area contributed by atoms with E-state index in [0.29, 0.717) is 21.8 Å². The van der Waals surface area contributed by atoms with Crippen molar-refractivity contribution in [2.24, 2.45) is 0 Å². The molecule has 1 atom stereocenters. The second-order valence-electron chi connectivity index (χ2n) is 5.02. The van der Waals surface area contributed by atoms with Gasteiger partial charge in [-0.25, -0.2) is 9.78 Å². The van der Waals surface area contributed by atoms with Gasteiger partial charge in [0.25, 0.3) is 5.91 Å². The molecule has 0 fully saturated rings. The SMILES string of the molecule is CC(OC(=O)c1cccc2ocnc12)C(=O)Nc1ccccc1Cl. The molecule has 1 aromatic heterocycles. The first-order valence-electron chi connectivity index (χ1n) is 7.15. The van der Waals surface area contributed by atoms with Gasteiger partial charge in [-0.2, -0.15) is 0 Å². The van der Waals surface area contributed by atoms with Crippen LogP contribution in [-0.2, 0) is 9.53 Å². The van der Waals surface area contributed by atoms with Crippen molar-refractivity contribution in [1.82, 2.24) is 4.98 Å². The number of carbonyl (C=O) groups excluding carboxylic acids is 2. The Labute approximate surface area is 142 Å². The molecule has 0 radical (unpaired) electrons. The van der Waals surface area contributed by atoms with Crippen LogP contribution in [0.5, 0.6) is 0 Å². The quantitative estimate of drug-likeness (QED) is 0.730. The van der Waals surface area contributed by atoms with Gasteiger partial charge in [0.1, 0.15) is 5.52 Å². The molecule has 7 heteroatoms. The fraction of sp³-hybridized carbons (Fsp3) is 0.118.